The number of nitrogens with one attached hydrogen (secondary N) is 1. The minimum absolute atomic E-state index is 0.484. The van der Waals surface area contributed by atoms with Gasteiger partial charge in [-0.3, -0.25) is 0 Å². The van der Waals surface area contributed by atoms with Crippen LogP contribution in [-0.2, 0) is 6.54 Å². The van der Waals surface area contributed by atoms with E-state index in [9.17, 15) is 4.79 Å². The smallest absolute Gasteiger partial charge is 0.312 e. The first kappa shape index (κ1) is 12.7. The average molecular weight is 248 g/mol. The lowest BCUT2D eigenvalue weighted by atomic mass is 10.2. The maximum Gasteiger partial charge on any atom is 0.312 e. The van der Waals surface area contributed by atoms with Crippen LogP contribution < -0.4 is 16.0 Å². The summed E-state index contributed by atoms with van der Waals surface area (Å²) >= 11 is 0. The summed E-state index contributed by atoms with van der Waals surface area (Å²) < 4.78 is 0. The van der Waals surface area contributed by atoms with Crippen molar-refractivity contribution in [2.75, 3.05) is 38.1 Å². The van der Waals surface area contributed by atoms with Gasteiger partial charge < -0.3 is 20.9 Å². The average Bonchev–Trinajstić information content (AvgIpc) is 2.38. The van der Waals surface area contributed by atoms with Gasteiger partial charge in [0.25, 0.3) is 0 Å². The number of rotatable bonds is 3. The largest absolute Gasteiger partial charge is 0.369 e. The molecular weight excluding hydrogens is 228 g/mol. The van der Waals surface area contributed by atoms with Crippen molar-refractivity contribution in [2.24, 2.45) is 5.73 Å². The van der Waals surface area contributed by atoms with Gasteiger partial charge in [0.2, 0.25) is 0 Å². The molecule has 1 heterocycles. The predicted octanol–water partition coefficient (Wildman–Crippen LogP) is 0.607. The van der Waals surface area contributed by atoms with E-state index in [0.717, 1.165) is 31.7 Å². The summed E-state index contributed by atoms with van der Waals surface area (Å²) in [6.45, 7) is 4.82. The summed E-state index contributed by atoms with van der Waals surface area (Å²) in [5.41, 5.74) is 7.34. The van der Waals surface area contributed by atoms with E-state index in [2.05, 4.69) is 34.3 Å². The summed E-state index contributed by atoms with van der Waals surface area (Å²) in [4.78, 5) is 15.3. The molecule has 1 aromatic rings. The molecule has 2 amide bonds. The number of piperazine rings is 1. The molecule has 0 atom stereocenters. The second kappa shape index (κ2) is 5.73. The number of urea groups is 1. The van der Waals surface area contributed by atoms with Crippen molar-refractivity contribution in [3.05, 3.63) is 29.8 Å². The number of benzene rings is 1. The van der Waals surface area contributed by atoms with E-state index < -0.39 is 6.03 Å². The number of carbonyl (C=O) groups is 1. The van der Waals surface area contributed by atoms with Crippen LogP contribution in [0.25, 0.3) is 0 Å². The second-order valence-electron chi connectivity index (χ2n) is 4.67. The highest BCUT2D eigenvalue weighted by Crippen LogP contribution is 2.16. The van der Waals surface area contributed by atoms with Crippen LogP contribution in [0.3, 0.4) is 0 Å². The van der Waals surface area contributed by atoms with Crippen LogP contribution in [0, 0.1) is 0 Å². The first-order chi connectivity index (χ1) is 8.65. The van der Waals surface area contributed by atoms with Gasteiger partial charge in [0.15, 0.2) is 0 Å². The molecular formula is C13H20N4O. The fraction of sp³-hybridized carbons (Fsp3) is 0.462. The highest BCUT2D eigenvalue weighted by atomic mass is 16.2. The van der Waals surface area contributed by atoms with Crippen molar-refractivity contribution in [3.8, 4) is 0 Å². The third-order valence-electron chi connectivity index (χ3n) is 3.27. The van der Waals surface area contributed by atoms with Crippen molar-refractivity contribution < 1.29 is 4.79 Å². The van der Waals surface area contributed by atoms with Crippen LogP contribution in [0.5, 0.6) is 0 Å². The zero-order valence-electron chi connectivity index (χ0n) is 10.7. The lowest BCUT2D eigenvalue weighted by molar-refractivity contribution is 0.248. The molecule has 3 N–H and O–H groups in total. The first-order valence-electron chi connectivity index (χ1n) is 6.21. The minimum Gasteiger partial charge on any atom is -0.369 e. The summed E-state index contributed by atoms with van der Waals surface area (Å²) in [5, 5.41) is 2.59. The molecule has 0 saturated carbocycles. The molecule has 0 aromatic heterocycles. The molecule has 5 nitrogen and oxygen atoms in total. The molecule has 18 heavy (non-hydrogen) atoms. The van der Waals surface area contributed by atoms with Gasteiger partial charge in [-0.1, -0.05) is 12.1 Å². The van der Waals surface area contributed by atoms with E-state index >= 15 is 0 Å². The molecule has 1 aliphatic rings. The minimum atomic E-state index is -0.488. The SMILES string of the molecule is CN1CCN(c2ccc(CNC(N)=O)cc2)CC1. The number of anilines is 1. The van der Waals surface area contributed by atoms with Gasteiger partial charge in [0.1, 0.15) is 0 Å². The fourth-order valence-electron chi connectivity index (χ4n) is 2.08. The zero-order valence-corrected chi connectivity index (χ0v) is 10.7. The highest BCUT2D eigenvalue weighted by Gasteiger charge is 2.13. The molecule has 1 aromatic carbocycles. The van der Waals surface area contributed by atoms with E-state index in [1.807, 2.05) is 12.1 Å². The van der Waals surface area contributed by atoms with E-state index in [-0.39, 0.29) is 0 Å². The van der Waals surface area contributed by atoms with Gasteiger partial charge in [-0.2, -0.15) is 0 Å². The van der Waals surface area contributed by atoms with E-state index in [1.54, 1.807) is 0 Å². The van der Waals surface area contributed by atoms with Gasteiger partial charge >= 0.3 is 6.03 Å². The van der Waals surface area contributed by atoms with Gasteiger partial charge in [-0.05, 0) is 24.7 Å². The molecule has 0 spiro atoms. The van der Waals surface area contributed by atoms with Crippen LogP contribution in [0.4, 0.5) is 10.5 Å². The summed E-state index contributed by atoms with van der Waals surface area (Å²) in [5.74, 6) is 0. The Morgan fingerprint density at radius 2 is 1.83 bits per heavy atom. The Morgan fingerprint density at radius 3 is 2.39 bits per heavy atom. The molecule has 98 valence electrons. The normalized spacial score (nSPS) is 16.6. The Balaban J connectivity index is 1.93. The van der Waals surface area contributed by atoms with Crippen molar-refractivity contribution in [2.45, 2.75) is 6.54 Å². The first-order valence-corrected chi connectivity index (χ1v) is 6.21. The topological polar surface area (TPSA) is 61.6 Å². The molecule has 1 saturated heterocycles. The highest BCUT2D eigenvalue weighted by molar-refractivity contribution is 5.71. The van der Waals surface area contributed by atoms with E-state index in [4.69, 9.17) is 5.73 Å². The third kappa shape index (κ3) is 3.37. The lowest BCUT2D eigenvalue weighted by Crippen LogP contribution is -2.44. The predicted molar refractivity (Wildman–Crippen MR) is 72.6 cm³/mol. The Hall–Kier alpha value is -1.75. The molecule has 0 unspecified atom stereocenters. The van der Waals surface area contributed by atoms with Crippen LogP contribution in [0.15, 0.2) is 24.3 Å². The standard InChI is InChI=1S/C13H20N4O/c1-16-6-8-17(9-7-16)12-4-2-11(3-5-12)10-15-13(14)18/h2-5H,6-10H2,1H3,(H3,14,15,18). The Labute approximate surface area is 108 Å². The van der Waals surface area contributed by atoms with Crippen molar-refractivity contribution in [1.82, 2.24) is 10.2 Å². The van der Waals surface area contributed by atoms with Crippen molar-refractivity contribution in [3.63, 3.8) is 0 Å². The number of carbonyl (C=O) groups excluding carboxylic acids is 1. The molecule has 2 rings (SSSR count). The number of primary amides is 1. The van der Waals surface area contributed by atoms with Gasteiger partial charge in [0, 0.05) is 38.4 Å². The molecule has 0 aliphatic carbocycles. The number of nitrogens with two attached hydrogens (primary N) is 1. The Bertz CT molecular complexity index is 396. The van der Waals surface area contributed by atoms with E-state index in [1.165, 1.54) is 5.69 Å². The molecule has 0 radical (unpaired) electrons. The maximum atomic E-state index is 10.6. The summed E-state index contributed by atoms with van der Waals surface area (Å²) in [6.07, 6.45) is 0. The summed E-state index contributed by atoms with van der Waals surface area (Å²) in [7, 11) is 2.15. The number of likely N-dealkylation sites (N-methyl/N-ethyl adjacent to an activating group) is 1. The van der Waals surface area contributed by atoms with Crippen LogP contribution in [0.1, 0.15) is 5.56 Å². The molecule has 0 bridgehead atoms. The van der Waals surface area contributed by atoms with Crippen LogP contribution in [0.2, 0.25) is 0 Å². The summed E-state index contributed by atoms with van der Waals surface area (Å²) in [6, 6.07) is 7.78. The van der Waals surface area contributed by atoms with Crippen molar-refractivity contribution in [1.29, 1.82) is 0 Å². The molecule has 1 aliphatic heterocycles. The van der Waals surface area contributed by atoms with Crippen LogP contribution >= 0.6 is 0 Å². The van der Waals surface area contributed by atoms with Crippen molar-refractivity contribution >= 4 is 11.7 Å². The third-order valence-corrected chi connectivity index (χ3v) is 3.27. The van der Waals surface area contributed by atoms with Gasteiger partial charge in [0.05, 0.1) is 0 Å². The Kier molecular flexibility index (Phi) is 4.04. The van der Waals surface area contributed by atoms with E-state index in [0.29, 0.717) is 6.54 Å². The van der Waals surface area contributed by atoms with Gasteiger partial charge in [-0.25, -0.2) is 4.79 Å². The van der Waals surface area contributed by atoms with Crippen LogP contribution in [-0.4, -0.2) is 44.2 Å². The number of amides is 2. The number of hydrogen-bond donors (Lipinski definition) is 2. The maximum absolute atomic E-state index is 10.6. The quantitative estimate of drug-likeness (QED) is 0.823. The fourth-order valence-corrected chi connectivity index (χ4v) is 2.08. The molecule has 5 heteroatoms. The van der Waals surface area contributed by atoms with Gasteiger partial charge in [-0.15, -0.1) is 0 Å². The number of nitrogens with zero attached hydrogens (tertiary/aromatic N) is 2. The Morgan fingerprint density at radius 1 is 1.22 bits per heavy atom. The lowest BCUT2D eigenvalue weighted by Gasteiger charge is -2.34. The molecule has 1 fully saturated rings. The number of hydrogen-bond acceptors (Lipinski definition) is 3. The second-order valence-corrected chi connectivity index (χ2v) is 4.67. The monoisotopic (exact) mass is 248 g/mol. The zero-order chi connectivity index (χ0) is 13.0.